The fourth-order valence-corrected chi connectivity index (χ4v) is 8.36. The average molecular weight is 1020 g/mol. The van der Waals surface area contributed by atoms with E-state index in [0.717, 1.165) is 38.5 Å². The van der Waals surface area contributed by atoms with Crippen molar-refractivity contribution in [3.63, 3.8) is 0 Å². The lowest BCUT2D eigenvalue weighted by atomic mass is 9.98. The molecular formula is C52H91N7O13. The van der Waals surface area contributed by atoms with E-state index >= 15 is 0 Å². The van der Waals surface area contributed by atoms with Crippen LogP contribution in [0.5, 0.6) is 0 Å². The van der Waals surface area contributed by atoms with E-state index in [1.807, 2.05) is 13.8 Å². The molecule has 72 heavy (non-hydrogen) atoms. The number of rotatable bonds is 23. The van der Waals surface area contributed by atoms with Crippen LogP contribution in [0.2, 0.25) is 0 Å². The van der Waals surface area contributed by atoms with E-state index in [4.69, 9.17) is 4.74 Å². The Morgan fingerprint density at radius 3 is 1.38 bits per heavy atom. The van der Waals surface area contributed by atoms with Gasteiger partial charge in [0, 0.05) is 6.42 Å². The number of cyclic esters (lactones) is 1. The number of carbonyl (C=O) groups excluding carboxylic acids is 8. The van der Waals surface area contributed by atoms with Crippen molar-refractivity contribution in [2.45, 2.75) is 234 Å². The van der Waals surface area contributed by atoms with Crippen LogP contribution in [0.25, 0.3) is 0 Å². The second-order valence-corrected chi connectivity index (χ2v) is 21.8. The summed E-state index contributed by atoms with van der Waals surface area (Å²) in [5.74, 6) is -10.2. The number of ether oxygens (including phenoxy) is 1. The van der Waals surface area contributed by atoms with Crippen molar-refractivity contribution in [2.75, 3.05) is 0 Å². The highest BCUT2D eigenvalue weighted by Gasteiger charge is 2.37. The van der Waals surface area contributed by atoms with Gasteiger partial charge in [-0.05, 0) is 80.5 Å². The Morgan fingerprint density at radius 1 is 0.500 bits per heavy atom. The number of hydrogen-bond acceptors (Lipinski definition) is 11. The topological polar surface area (TPSA) is 305 Å². The van der Waals surface area contributed by atoms with Gasteiger partial charge in [-0.3, -0.25) is 43.2 Å². The molecule has 0 saturated carbocycles. The number of carboxylic acid groups (broad SMARTS) is 2. The minimum absolute atomic E-state index is 0.0389. The van der Waals surface area contributed by atoms with Gasteiger partial charge in [-0.25, -0.2) is 4.79 Å². The Hall–Kier alpha value is -5.30. The highest BCUT2D eigenvalue weighted by Crippen LogP contribution is 2.19. The molecule has 1 aliphatic heterocycles. The molecule has 1 aliphatic rings. The molecule has 20 heteroatoms. The van der Waals surface area contributed by atoms with Crippen molar-refractivity contribution in [2.24, 2.45) is 35.5 Å². The molecule has 0 spiro atoms. The van der Waals surface area contributed by atoms with Crippen LogP contribution in [0.3, 0.4) is 0 Å². The molecule has 5 unspecified atom stereocenters. The van der Waals surface area contributed by atoms with Crippen LogP contribution >= 0.6 is 0 Å². The molecule has 0 radical (unpaired) electrons. The van der Waals surface area contributed by atoms with Crippen LogP contribution in [0, 0.1) is 35.5 Å². The molecule has 0 aromatic rings. The van der Waals surface area contributed by atoms with Crippen molar-refractivity contribution in [3.8, 4) is 0 Å². The van der Waals surface area contributed by atoms with Gasteiger partial charge in [-0.2, -0.15) is 0 Å². The number of hydrogen-bond donors (Lipinski definition) is 9. The zero-order valence-corrected chi connectivity index (χ0v) is 45.3. The van der Waals surface area contributed by atoms with Crippen LogP contribution in [0.4, 0.5) is 0 Å². The summed E-state index contributed by atoms with van der Waals surface area (Å²) in [6.07, 6.45) is 3.74. The van der Waals surface area contributed by atoms with Crippen molar-refractivity contribution < 1.29 is 62.9 Å². The predicted molar refractivity (Wildman–Crippen MR) is 272 cm³/mol. The van der Waals surface area contributed by atoms with Gasteiger partial charge in [0.1, 0.15) is 48.4 Å². The average Bonchev–Trinajstić information content (AvgIpc) is 3.26. The molecular weight excluding hydrogens is 931 g/mol. The lowest BCUT2D eigenvalue weighted by Crippen LogP contribution is -2.61. The molecule has 20 nitrogen and oxygen atoms in total. The van der Waals surface area contributed by atoms with Gasteiger partial charge in [0.15, 0.2) is 0 Å². The second kappa shape index (κ2) is 33.4. The van der Waals surface area contributed by atoms with E-state index in [1.165, 1.54) is 0 Å². The number of nitrogens with one attached hydrogen (secondary N) is 7. The van der Waals surface area contributed by atoms with E-state index in [-0.39, 0.29) is 62.2 Å². The number of unbranched alkanes of at least 4 members (excludes halogenated alkanes) is 4. The highest BCUT2D eigenvalue weighted by molar-refractivity contribution is 5.98. The van der Waals surface area contributed by atoms with Crippen LogP contribution in [0.15, 0.2) is 0 Å². The summed E-state index contributed by atoms with van der Waals surface area (Å²) in [7, 11) is 0. The van der Waals surface area contributed by atoms with E-state index < -0.39 is 133 Å². The summed E-state index contributed by atoms with van der Waals surface area (Å²) in [4.78, 5) is 137. The maximum Gasteiger partial charge on any atom is 0.328 e. The van der Waals surface area contributed by atoms with E-state index in [9.17, 15) is 58.2 Å². The maximum absolute atomic E-state index is 14.2. The third-order valence-corrected chi connectivity index (χ3v) is 12.5. The summed E-state index contributed by atoms with van der Waals surface area (Å²) in [5.41, 5.74) is 0. The maximum atomic E-state index is 14.2. The molecule has 0 aliphatic carbocycles. The SMILES string of the molecule is CCC(C)CCCCCCCC1CC(=O)N[C@@H](CCC(=O)O)C(=O)NC(CC(C)C)C(=O)N[C@H](CC(C)C)C(=O)N[C@@H](C(C)C)C(=O)NC(CC(=O)O)C(=O)N[C@H](CC(C)C)C(=O)NC(CC(C)C)C(=O)O1. The first-order valence-electron chi connectivity index (χ1n) is 26.4. The Bertz CT molecular complexity index is 1790. The minimum Gasteiger partial charge on any atom is -0.481 e. The fourth-order valence-electron chi connectivity index (χ4n) is 8.36. The van der Waals surface area contributed by atoms with Gasteiger partial charge < -0.3 is 52.2 Å². The van der Waals surface area contributed by atoms with Gasteiger partial charge in [0.25, 0.3) is 0 Å². The molecule has 9 atom stereocenters. The highest BCUT2D eigenvalue weighted by atomic mass is 16.5. The van der Waals surface area contributed by atoms with E-state index in [1.54, 1.807) is 55.4 Å². The molecule has 0 aromatic carbocycles. The summed E-state index contributed by atoms with van der Waals surface area (Å²) >= 11 is 0. The Labute approximate surface area is 428 Å². The number of carbonyl (C=O) groups is 10. The van der Waals surface area contributed by atoms with Crippen LogP contribution < -0.4 is 37.2 Å². The Balaban J connectivity index is 3.99. The smallest absolute Gasteiger partial charge is 0.328 e. The largest absolute Gasteiger partial charge is 0.481 e. The van der Waals surface area contributed by atoms with Gasteiger partial charge in [-0.15, -0.1) is 0 Å². The van der Waals surface area contributed by atoms with Crippen molar-refractivity contribution in [1.29, 1.82) is 0 Å². The molecule has 1 heterocycles. The van der Waals surface area contributed by atoms with E-state index in [0.29, 0.717) is 12.3 Å². The van der Waals surface area contributed by atoms with Crippen molar-refractivity contribution in [1.82, 2.24) is 37.2 Å². The van der Waals surface area contributed by atoms with E-state index in [2.05, 4.69) is 51.1 Å². The summed E-state index contributed by atoms with van der Waals surface area (Å²) < 4.78 is 6.03. The first-order chi connectivity index (χ1) is 33.6. The van der Waals surface area contributed by atoms with Gasteiger partial charge in [-0.1, -0.05) is 122 Å². The number of aliphatic carboxylic acids is 2. The molecule has 1 rings (SSSR count). The fraction of sp³-hybridized carbons (Fsp3) is 0.808. The Morgan fingerprint density at radius 2 is 0.917 bits per heavy atom. The van der Waals surface area contributed by atoms with Crippen molar-refractivity contribution in [3.05, 3.63) is 0 Å². The summed E-state index contributed by atoms with van der Waals surface area (Å²) in [6.45, 7) is 22.0. The van der Waals surface area contributed by atoms with Gasteiger partial charge in [0.05, 0.1) is 12.8 Å². The van der Waals surface area contributed by atoms with Gasteiger partial charge in [0.2, 0.25) is 41.4 Å². The monoisotopic (exact) mass is 1020 g/mol. The number of amides is 7. The van der Waals surface area contributed by atoms with Crippen LogP contribution in [0.1, 0.15) is 186 Å². The third-order valence-electron chi connectivity index (χ3n) is 12.5. The van der Waals surface area contributed by atoms with Crippen LogP contribution in [-0.2, 0) is 52.7 Å². The molecule has 7 amide bonds. The lowest BCUT2D eigenvalue weighted by Gasteiger charge is -2.29. The standard InChI is InChI=1S/C52H91N7O13/c1-13-34(12)19-17-15-14-16-18-20-35-27-42(60)53-36(21-22-43(61)62)46(65)54-37(23-29(2)3)47(66)56-39(25-31(6)7)50(69)59-45(33(10)11)51(70)57-40(28-44(63)64)49(68)55-38(24-30(4)5)48(67)58-41(26-32(8)9)52(71)72-35/h29-41,45H,13-28H2,1-12H3,(H,53,60)(H,54,65)(H,55,68)(H,56,66)(H,57,70)(H,58,67)(H,59,69)(H,61,62)(H,63,64)/t34?,35?,36-,37?,38+,39+,40?,41?,45-/m0/s1. The molecule has 1 fully saturated rings. The minimum atomic E-state index is -1.72. The van der Waals surface area contributed by atoms with Crippen LogP contribution in [-0.4, -0.2) is 118 Å². The first-order valence-corrected chi connectivity index (χ1v) is 26.4. The Kier molecular flexibility index (Phi) is 30.0. The molecule has 0 bridgehead atoms. The number of carboxylic acids is 2. The molecule has 0 aromatic heterocycles. The summed E-state index contributed by atoms with van der Waals surface area (Å²) in [6, 6.07) is -9.64. The van der Waals surface area contributed by atoms with Crippen molar-refractivity contribution >= 4 is 59.3 Å². The normalized spacial score (nSPS) is 24.6. The zero-order chi connectivity index (χ0) is 54.8. The third kappa shape index (κ3) is 26.4. The molecule has 9 N–H and O–H groups in total. The molecule has 412 valence electrons. The number of esters is 1. The zero-order valence-electron chi connectivity index (χ0n) is 45.3. The summed E-state index contributed by atoms with van der Waals surface area (Å²) in [5, 5.41) is 37.9. The lowest BCUT2D eigenvalue weighted by molar-refractivity contribution is -0.155. The first kappa shape index (κ1) is 64.7. The predicted octanol–water partition coefficient (Wildman–Crippen LogP) is 4.65. The quantitative estimate of drug-likeness (QED) is 0.0498. The van der Waals surface area contributed by atoms with Gasteiger partial charge >= 0.3 is 17.9 Å². The molecule has 1 saturated heterocycles. The second-order valence-electron chi connectivity index (χ2n) is 21.8.